The number of halogens is 1. The van der Waals surface area contributed by atoms with Gasteiger partial charge >= 0.3 is 5.97 Å². The number of ether oxygens (including phenoxy) is 1. The van der Waals surface area contributed by atoms with Gasteiger partial charge in [-0.05, 0) is 55.5 Å². The second kappa shape index (κ2) is 7.49. The van der Waals surface area contributed by atoms with Gasteiger partial charge in [-0.25, -0.2) is 9.59 Å². The van der Waals surface area contributed by atoms with Crippen LogP contribution in [0.2, 0.25) is 5.02 Å². The Morgan fingerprint density at radius 3 is 2.17 bits per heavy atom. The number of carbonyl (C=O) groups is 2. The van der Waals surface area contributed by atoms with E-state index in [0.29, 0.717) is 16.3 Å². The first-order valence-electron chi connectivity index (χ1n) is 6.70. The van der Waals surface area contributed by atoms with Crippen LogP contribution in [0.25, 0.3) is 0 Å². The second-order valence-electron chi connectivity index (χ2n) is 4.67. The minimum atomic E-state index is -0.934. The molecule has 0 saturated carbocycles. The van der Waals surface area contributed by atoms with Crippen molar-refractivity contribution in [2.75, 3.05) is 0 Å². The largest absolute Gasteiger partial charge is 0.451 e. The Balaban J connectivity index is 2.05. The molecule has 0 amide bonds. The average Bonchev–Trinajstić information content (AvgIpc) is 2.55. The number of hydrogen-bond acceptors (Lipinski definition) is 5. The number of isocyanates is 1. The third kappa shape index (κ3) is 4.36. The van der Waals surface area contributed by atoms with E-state index >= 15 is 0 Å². The fraction of sp³-hybridized carbons (Fsp3) is 0.118. The van der Waals surface area contributed by atoms with Crippen LogP contribution >= 0.6 is 11.6 Å². The van der Waals surface area contributed by atoms with Gasteiger partial charge in [-0.15, -0.1) is 0 Å². The first-order valence-corrected chi connectivity index (χ1v) is 7.08. The summed E-state index contributed by atoms with van der Waals surface area (Å²) >= 11 is 5.77. The summed E-state index contributed by atoms with van der Waals surface area (Å²) in [6.07, 6.45) is 0.473. The molecule has 2 rings (SSSR count). The van der Waals surface area contributed by atoms with Gasteiger partial charge in [0.1, 0.15) is 0 Å². The Kier molecular flexibility index (Phi) is 5.41. The van der Waals surface area contributed by atoms with Crippen LogP contribution in [-0.4, -0.2) is 23.9 Å². The third-order valence-electron chi connectivity index (χ3n) is 3.06. The maximum Gasteiger partial charge on any atom is 0.338 e. The van der Waals surface area contributed by atoms with E-state index in [0.717, 1.165) is 0 Å². The summed E-state index contributed by atoms with van der Waals surface area (Å²) in [5.41, 5.74) is 1.04. The summed E-state index contributed by atoms with van der Waals surface area (Å²) in [4.78, 5) is 37.8. The Morgan fingerprint density at radius 2 is 1.61 bits per heavy atom. The smallest absolute Gasteiger partial charge is 0.338 e. The topological polar surface area (TPSA) is 72.8 Å². The lowest BCUT2D eigenvalue weighted by atomic mass is 10.1. The van der Waals surface area contributed by atoms with E-state index in [-0.39, 0.29) is 11.3 Å². The molecule has 0 N–H and O–H groups in total. The van der Waals surface area contributed by atoms with Crippen LogP contribution in [-0.2, 0) is 9.53 Å². The molecular weight excluding hydrogens is 318 g/mol. The van der Waals surface area contributed by atoms with Crippen molar-refractivity contribution in [3.05, 3.63) is 64.7 Å². The summed E-state index contributed by atoms with van der Waals surface area (Å²) in [5.74, 6) is -0.960. The fourth-order valence-corrected chi connectivity index (χ4v) is 1.98. The average molecular weight is 330 g/mol. The van der Waals surface area contributed by atoms with Gasteiger partial charge in [0, 0.05) is 10.6 Å². The van der Waals surface area contributed by atoms with Crippen molar-refractivity contribution < 1.29 is 19.1 Å². The predicted molar refractivity (Wildman–Crippen MR) is 84.9 cm³/mol. The molecule has 0 aliphatic heterocycles. The summed E-state index contributed by atoms with van der Waals surface area (Å²) in [5, 5.41) is 0.518. The molecule has 2 aromatic rings. The molecule has 1 unspecified atom stereocenters. The van der Waals surface area contributed by atoms with Crippen molar-refractivity contribution in [1.29, 1.82) is 0 Å². The van der Waals surface area contributed by atoms with Gasteiger partial charge in [-0.2, -0.15) is 4.99 Å². The van der Waals surface area contributed by atoms with Crippen LogP contribution in [0.3, 0.4) is 0 Å². The van der Waals surface area contributed by atoms with Gasteiger partial charge in [0.15, 0.2) is 6.10 Å². The molecule has 0 aromatic heterocycles. The SMILES string of the molecule is CC(OC(=O)c1ccc(N=C=O)cc1)C(=O)c1ccc(Cl)cc1. The highest BCUT2D eigenvalue weighted by Crippen LogP contribution is 2.15. The van der Waals surface area contributed by atoms with Gasteiger partial charge < -0.3 is 4.74 Å². The quantitative estimate of drug-likeness (QED) is 0.362. The van der Waals surface area contributed by atoms with Crippen molar-refractivity contribution in [1.82, 2.24) is 0 Å². The molecule has 1 atom stereocenters. The first-order chi connectivity index (χ1) is 11.0. The van der Waals surface area contributed by atoms with Crippen molar-refractivity contribution in [2.24, 2.45) is 4.99 Å². The number of benzene rings is 2. The van der Waals surface area contributed by atoms with Crippen molar-refractivity contribution in [3.63, 3.8) is 0 Å². The number of carbonyl (C=O) groups excluding carboxylic acids is 3. The van der Waals surface area contributed by atoms with Crippen LogP contribution in [0.1, 0.15) is 27.6 Å². The molecule has 0 fully saturated rings. The van der Waals surface area contributed by atoms with E-state index in [4.69, 9.17) is 16.3 Å². The molecule has 0 bridgehead atoms. The number of aliphatic imine (C=N–C) groups is 1. The molecule has 6 heteroatoms. The van der Waals surface area contributed by atoms with E-state index in [1.54, 1.807) is 24.3 Å². The highest BCUT2D eigenvalue weighted by atomic mass is 35.5. The lowest BCUT2D eigenvalue weighted by Gasteiger charge is -2.12. The highest BCUT2D eigenvalue weighted by molar-refractivity contribution is 6.30. The summed E-state index contributed by atoms with van der Waals surface area (Å²) in [6.45, 7) is 1.50. The van der Waals surface area contributed by atoms with E-state index in [1.165, 1.54) is 37.3 Å². The molecule has 2 aromatic carbocycles. The molecular formula is C17H12ClNO4. The molecule has 0 aliphatic rings. The van der Waals surface area contributed by atoms with Crippen molar-refractivity contribution in [3.8, 4) is 0 Å². The Bertz CT molecular complexity index is 762. The summed E-state index contributed by atoms with van der Waals surface area (Å²) in [7, 11) is 0. The van der Waals surface area contributed by atoms with Crippen molar-refractivity contribution >= 4 is 35.1 Å². The summed E-state index contributed by atoms with van der Waals surface area (Å²) in [6, 6.07) is 12.2. The molecule has 0 saturated heterocycles. The molecule has 116 valence electrons. The number of rotatable bonds is 5. The van der Waals surface area contributed by atoms with Crippen LogP contribution in [0.15, 0.2) is 53.5 Å². The predicted octanol–water partition coefficient (Wildman–Crippen LogP) is 3.74. The zero-order valence-electron chi connectivity index (χ0n) is 12.2. The number of ketones is 1. The summed E-state index contributed by atoms with van der Waals surface area (Å²) < 4.78 is 5.15. The van der Waals surface area contributed by atoms with E-state index in [2.05, 4.69) is 4.99 Å². The number of Topliss-reactive ketones (excluding diaryl/α,β-unsaturated/α-hetero) is 1. The molecule has 23 heavy (non-hydrogen) atoms. The standard InChI is InChI=1S/C17H12ClNO4/c1-11(16(21)12-2-6-14(18)7-3-12)23-17(22)13-4-8-15(9-5-13)19-10-20/h2-9,11H,1H3. The molecule has 0 heterocycles. The van der Waals surface area contributed by atoms with E-state index < -0.39 is 12.1 Å². The highest BCUT2D eigenvalue weighted by Gasteiger charge is 2.20. The molecule has 0 aliphatic carbocycles. The van der Waals surface area contributed by atoms with Crippen LogP contribution < -0.4 is 0 Å². The molecule has 0 radical (unpaired) electrons. The minimum Gasteiger partial charge on any atom is -0.451 e. The van der Waals surface area contributed by atoms with Gasteiger partial charge in [-0.3, -0.25) is 4.79 Å². The lowest BCUT2D eigenvalue weighted by molar-refractivity contribution is 0.0319. The number of hydrogen-bond donors (Lipinski definition) is 0. The third-order valence-corrected chi connectivity index (χ3v) is 3.31. The van der Waals surface area contributed by atoms with Crippen LogP contribution in [0.5, 0.6) is 0 Å². The van der Waals surface area contributed by atoms with Gasteiger partial charge in [-0.1, -0.05) is 11.6 Å². The number of esters is 1. The first kappa shape index (κ1) is 16.6. The van der Waals surface area contributed by atoms with Crippen LogP contribution in [0, 0.1) is 0 Å². The minimum absolute atomic E-state index is 0.255. The van der Waals surface area contributed by atoms with E-state index in [1.807, 2.05) is 0 Å². The van der Waals surface area contributed by atoms with Gasteiger partial charge in [0.2, 0.25) is 11.9 Å². The number of nitrogens with zero attached hydrogens (tertiary/aromatic N) is 1. The fourth-order valence-electron chi connectivity index (χ4n) is 1.86. The van der Waals surface area contributed by atoms with E-state index in [9.17, 15) is 14.4 Å². The van der Waals surface area contributed by atoms with Gasteiger partial charge in [0.25, 0.3) is 0 Å². The Labute approximate surface area is 137 Å². The van der Waals surface area contributed by atoms with Gasteiger partial charge in [0.05, 0.1) is 11.3 Å². The zero-order chi connectivity index (χ0) is 16.8. The Hall–Kier alpha value is -2.75. The molecule has 5 nitrogen and oxygen atoms in total. The molecule has 0 spiro atoms. The monoisotopic (exact) mass is 329 g/mol. The normalized spacial score (nSPS) is 11.2. The zero-order valence-corrected chi connectivity index (χ0v) is 12.9. The maximum atomic E-state index is 12.2. The second-order valence-corrected chi connectivity index (χ2v) is 5.11. The maximum absolute atomic E-state index is 12.2. The van der Waals surface area contributed by atoms with Crippen LogP contribution in [0.4, 0.5) is 5.69 Å². The van der Waals surface area contributed by atoms with Crippen molar-refractivity contribution in [2.45, 2.75) is 13.0 Å². The Morgan fingerprint density at radius 1 is 1.04 bits per heavy atom. The lowest BCUT2D eigenvalue weighted by Crippen LogP contribution is -2.24.